The van der Waals surface area contributed by atoms with Crippen LogP contribution in [0.15, 0.2) is 90.0 Å². The van der Waals surface area contributed by atoms with Crippen molar-refractivity contribution in [2.75, 3.05) is 11.9 Å². The third-order valence-corrected chi connectivity index (χ3v) is 3.74. The van der Waals surface area contributed by atoms with Crippen LogP contribution in [0.5, 0.6) is 5.75 Å². The van der Waals surface area contributed by atoms with Gasteiger partial charge in [-0.25, -0.2) is 5.43 Å². The van der Waals surface area contributed by atoms with Gasteiger partial charge in [-0.1, -0.05) is 48.5 Å². The van der Waals surface area contributed by atoms with E-state index in [-0.39, 0.29) is 18.4 Å². The maximum atomic E-state index is 12.0. The summed E-state index contributed by atoms with van der Waals surface area (Å²) in [5, 5.41) is 6.72. The van der Waals surface area contributed by atoms with E-state index < -0.39 is 0 Å². The van der Waals surface area contributed by atoms with Crippen molar-refractivity contribution < 1.29 is 14.3 Å². The number of amides is 2. The molecule has 3 aromatic carbocycles. The number of nitrogens with one attached hydrogen (secondary N) is 2. The van der Waals surface area contributed by atoms with E-state index >= 15 is 0 Å². The van der Waals surface area contributed by atoms with E-state index in [0.717, 1.165) is 0 Å². The lowest BCUT2D eigenvalue weighted by molar-refractivity contribution is -0.118. The first-order valence-corrected chi connectivity index (χ1v) is 8.67. The minimum absolute atomic E-state index is 0.143. The molecule has 0 radical (unpaired) electrons. The lowest BCUT2D eigenvalue weighted by Gasteiger charge is -2.09. The average Bonchev–Trinajstić information content (AvgIpc) is 2.74. The quantitative estimate of drug-likeness (QED) is 0.492. The Kier molecular flexibility index (Phi) is 6.52. The fourth-order valence-corrected chi connectivity index (χ4v) is 2.40. The first-order chi connectivity index (χ1) is 13.7. The number of anilines is 1. The summed E-state index contributed by atoms with van der Waals surface area (Å²) in [6.45, 7) is -0.143. The second kappa shape index (κ2) is 9.68. The summed E-state index contributed by atoms with van der Waals surface area (Å²) in [6, 6.07) is 25.1. The summed E-state index contributed by atoms with van der Waals surface area (Å²) in [6.07, 6.45) is 1.48. The van der Waals surface area contributed by atoms with Gasteiger partial charge in [0.1, 0.15) is 5.75 Å². The second-order valence-electron chi connectivity index (χ2n) is 5.81. The topological polar surface area (TPSA) is 79.8 Å². The number of rotatable bonds is 7. The van der Waals surface area contributed by atoms with Crippen molar-refractivity contribution in [3.8, 4) is 5.75 Å². The van der Waals surface area contributed by atoms with Gasteiger partial charge in [0.25, 0.3) is 11.8 Å². The molecule has 0 bridgehead atoms. The predicted octanol–water partition coefficient (Wildman–Crippen LogP) is 3.47. The van der Waals surface area contributed by atoms with Crippen molar-refractivity contribution in [2.24, 2.45) is 5.10 Å². The zero-order valence-corrected chi connectivity index (χ0v) is 15.0. The van der Waals surface area contributed by atoms with Crippen LogP contribution < -0.4 is 15.5 Å². The lowest BCUT2D eigenvalue weighted by atomic mass is 10.2. The number of para-hydroxylation sites is 2. The van der Waals surface area contributed by atoms with Gasteiger partial charge in [0.05, 0.1) is 6.21 Å². The van der Waals surface area contributed by atoms with Crippen molar-refractivity contribution in [2.45, 2.75) is 0 Å². The lowest BCUT2D eigenvalue weighted by Crippen LogP contribution is -2.20. The molecule has 0 aromatic heterocycles. The van der Waals surface area contributed by atoms with Crippen LogP contribution in [0.4, 0.5) is 5.69 Å². The Morgan fingerprint density at radius 1 is 0.857 bits per heavy atom. The van der Waals surface area contributed by atoms with Gasteiger partial charge >= 0.3 is 0 Å². The first kappa shape index (κ1) is 18.8. The number of carbonyl (C=O) groups is 2. The highest BCUT2D eigenvalue weighted by Crippen LogP contribution is 2.16. The van der Waals surface area contributed by atoms with Crippen LogP contribution >= 0.6 is 0 Å². The van der Waals surface area contributed by atoms with Crippen LogP contribution in [0, 0.1) is 0 Å². The van der Waals surface area contributed by atoms with Crippen LogP contribution in [0.1, 0.15) is 15.9 Å². The highest BCUT2D eigenvalue weighted by Gasteiger charge is 2.07. The molecule has 6 nitrogen and oxygen atoms in total. The van der Waals surface area contributed by atoms with Gasteiger partial charge in [0.15, 0.2) is 6.61 Å². The van der Waals surface area contributed by atoms with Crippen LogP contribution in [-0.2, 0) is 4.79 Å². The van der Waals surface area contributed by atoms with Crippen LogP contribution in [0.2, 0.25) is 0 Å². The fourth-order valence-electron chi connectivity index (χ4n) is 2.40. The average molecular weight is 373 g/mol. The summed E-state index contributed by atoms with van der Waals surface area (Å²) in [7, 11) is 0. The molecule has 0 aliphatic heterocycles. The van der Waals surface area contributed by atoms with Crippen molar-refractivity contribution in [3.05, 3.63) is 96.1 Å². The predicted molar refractivity (Wildman–Crippen MR) is 109 cm³/mol. The van der Waals surface area contributed by atoms with Gasteiger partial charge in [-0.2, -0.15) is 5.10 Å². The van der Waals surface area contributed by atoms with Crippen molar-refractivity contribution in [3.63, 3.8) is 0 Å². The first-order valence-electron chi connectivity index (χ1n) is 8.67. The zero-order chi connectivity index (χ0) is 19.6. The molecular formula is C22H19N3O3. The van der Waals surface area contributed by atoms with Crippen molar-refractivity contribution in [1.29, 1.82) is 0 Å². The molecular weight excluding hydrogens is 354 g/mol. The molecule has 2 amide bonds. The van der Waals surface area contributed by atoms with Crippen molar-refractivity contribution in [1.82, 2.24) is 5.43 Å². The zero-order valence-electron chi connectivity index (χ0n) is 15.0. The molecule has 0 unspecified atom stereocenters. The van der Waals surface area contributed by atoms with Crippen LogP contribution in [0.25, 0.3) is 0 Å². The Bertz CT molecular complexity index is 957. The van der Waals surface area contributed by atoms with Crippen molar-refractivity contribution >= 4 is 23.7 Å². The Morgan fingerprint density at radius 3 is 2.25 bits per heavy atom. The van der Waals surface area contributed by atoms with Gasteiger partial charge in [-0.15, -0.1) is 0 Å². The molecule has 0 fully saturated rings. The molecule has 3 aromatic rings. The minimum atomic E-state index is -0.308. The second-order valence-corrected chi connectivity index (χ2v) is 5.81. The normalized spacial score (nSPS) is 10.4. The summed E-state index contributed by atoms with van der Waals surface area (Å²) < 4.78 is 5.60. The van der Waals surface area contributed by atoms with E-state index in [1.165, 1.54) is 6.21 Å². The molecule has 0 saturated heterocycles. The van der Waals surface area contributed by atoms with Gasteiger partial charge in [-0.05, 0) is 36.4 Å². The number of nitrogens with zero attached hydrogens (tertiary/aromatic N) is 1. The smallest absolute Gasteiger partial charge is 0.271 e. The summed E-state index contributed by atoms with van der Waals surface area (Å²) in [4.78, 5) is 24.0. The monoisotopic (exact) mass is 373 g/mol. The summed E-state index contributed by atoms with van der Waals surface area (Å²) in [5.74, 6) is -0.0868. The third-order valence-electron chi connectivity index (χ3n) is 3.74. The molecule has 0 saturated carbocycles. The molecule has 0 aliphatic rings. The third kappa shape index (κ3) is 5.54. The molecule has 6 heteroatoms. The molecule has 2 N–H and O–H groups in total. The van der Waals surface area contributed by atoms with Crippen LogP contribution in [-0.4, -0.2) is 24.6 Å². The molecule has 0 heterocycles. The number of hydrogen-bond acceptors (Lipinski definition) is 4. The van der Waals surface area contributed by atoms with E-state index in [1.54, 1.807) is 54.6 Å². The molecule has 0 aliphatic carbocycles. The van der Waals surface area contributed by atoms with Gasteiger partial charge in [0, 0.05) is 16.8 Å². The molecule has 0 spiro atoms. The molecule has 28 heavy (non-hydrogen) atoms. The number of hydrazone groups is 1. The fraction of sp³-hybridized carbons (Fsp3) is 0.0455. The number of carbonyl (C=O) groups excluding carboxylic acids is 2. The van der Waals surface area contributed by atoms with Gasteiger partial charge in [-0.3, -0.25) is 9.59 Å². The standard InChI is InChI=1S/C22H19N3O3/c26-21(24-19-12-5-2-6-13-19)16-28-20-14-8-7-11-18(20)15-23-25-22(27)17-9-3-1-4-10-17/h1-15H,16H2,(H,24,26)(H,25,27)/b23-15+. The Labute approximate surface area is 162 Å². The number of ether oxygens (including phenoxy) is 1. The van der Waals surface area contributed by atoms with E-state index in [4.69, 9.17) is 4.74 Å². The Balaban J connectivity index is 1.56. The van der Waals surface area contributed by atoms with Gasteiger partial charge < -0.3 is 10.1 Å². The highest BCUT2D eigenvalue weighted by atomic mass is 16.5. The van der Waals surface area contributed by atoms with Gasteiger partial charge in [0.2, 0.25) is 0 Å². The SMILES string of the molecule is O=C(COc1ccccc1/C=N/NC(=O)c1ccccc1)Nc1ccccc1. The maximum Gasteiger partial charge on any atom is 0.271 e. The number of hydrogen-bond donors (Lipinski definition) is 2. The van der Waals surface area contributed by atoms with Crippen LogP contribution in [0.3, 0.4) is 0 Å². The summed E-state index contributed by atoms with van der Waals surface area (Å²) >= 11 is 0. The van der Waals surface area contributed by atoms with E-state index in [2.05, 4.69) is 15.8 Å². The largest absolute Gasteiger partial charge is 0.483 e. The van der Waals surface area contributed by atoms with E-state index in [0.29, 0.717) is 22.6 Å². The van der Waals surface area contributed by atoms with E-state index in [9.17, 15) is 9.59 Å². The van der Waals surface area contributed by atoms with E-state index in [1.807, 2.05) is 30.3 Å². The Hall–Kier alpha value is -3.93. The maximum absolute atomic E-state index is 12.0. The molecule has 0 atom stereocenters. The summed E-state index contributed by atoms with van der Waals surface area (Å²) in [5.41, 5.74) is 4.33. The highest BCUT2D eigenvalue weighted by molar-refractivity contribution is 5.95. The minimum Gasteiger partial charge on any atom is -0.483 e. The molecule has 3 rings (SSSR count). The Morgan fingerprint density at radius 2 is 1.50 bits per heavy atom. The molecule has 140 valence electrons. The number of benzene rings is 3.